The lowest BCUT2D eigenvalue weighted by molar-refractivity contribution is -0.122. The third-order valence-electron chi connectivity index (χ3n) is 4.71. The van der Waals surface area contributed by atoms with Crippen molar-refractivity contribution in [3.63, 3.8) is 0 Å². The standard InChI is InChI=1S/C22H24N2O2/c1-15-9-10-19-16(11-15)12-17(21(26)24-19)14-23-20(25)13-22(2,3)18-7-5-4-6-8-18/h4-12H,13-14H2,1-3H3,(H,23,25)(H,24,26). The summed E-state index contributed by atoms with van der Waals surface area (Å²) in [5, 5.41) is 3.86. The van der Waals surface area contributed by atoms with Crippen LogP contribution in [0, 0.1) is 6.92 Å². The summed E-state index contributed by atoms with van der Waals surface area (Å²) in [6.07, 6.45) is 0.363. The van der Waals surface area contributed by atoms with Crippen LogP contribution < -0.4 is 10.9 Å². The lowest BCUT2D eigenvalue weighted by atomic mass is 9.81. The van der Waals surface area contributed by atoms with Gasteiger partial charge in [-0.15, -0.1) is 0 Å². The lowest BCUT2D eigenvalue weighted by Gasteiger charge is -2.24. The van der Waals surface area contributed by atoms with Crippen LogP contribution in [0.15, 0.2) is 59.4 Å². The van der Waals surface area contributed by atoms with Crippen molar-refractivity contribution < 1.29 is 4.79 Å². The smallest absolute Gasteiger partial charge is 0.253 e. The molecule has 0 spiro atoms. The average Bonchev–Trinajstić information content (AvgIpc) is 2.60. The van der Waals surface area contributed by atoms with Crippen LogP contribution in [0.25, 0.3) is 10.9 Å². The number of amides is 1. The molecule has 4 heteroatoms. The number of H-pyrrole nitrogens is 1. The van der Waals surface area contributed by atoms with Crippen molar-refractivity contribution in [2.24, 2.45) is 0 Å². The van der Waals surface area contributed by atoms with E-state index in [0.717, 1.165) is 22.0 Å². The van der Waals surface area contributed by atoms with E-state index in [0.29, 0.717) is 12.0 Å². The highest BCUT2D eigenvalue weighted by Gasteiger charge is 2.24. The number of aromatic nitrogens is 1. The summed E-state index contributed by atoms with van der Waals surface area (Å²) in [5.74, 6) is -0.0670. The normalized spacial score (nSPS) is 11.5. The molecule has 2 N–H and O–H groups in total. The molecule has 26 heavy (non-hydrogen) atoms. The molecule has 0 aliphatic rings. The zero-order valence-electron chi connectivity index (χ0n) is 15.4. The second-order valence-corrected chi connectivity index (χ2v) is 7.42. The first-order valence-corrected chi connectivity index (χ1v) is 8.80. The van der Waals surface area contributed by atoms with Crippen molar-refractivity contribution in [1.82, 2.24) is 10.3 Å². The molecule has 3 rings (SSSR count). The Bertz CT molecular complexity index is 988. The van der Waals surface area contributed by atoms with E-state index in [2.05, 4.69) is 10.3 Å². The number of nitrogens with one attached hydrogen (secondary N) is 2. The SMILES string of the molecule is Cc1ccc2[nH]c(=O)c(CNC(=O)CC(C)(C)c3ccccc3)cc2c1. The van der Waals surface area contributed by atoms with E-state index in [1.54, 1.807) is 0 Å². The van der Waals surface area contributed by atoms with E-state index in [1.165, 1.54) is 0 Å². The van der Waals surface area contributed by atoms with Crippen LogP contribution in [0.2, 0.25) is 0 Å². The molecule has 0 bridgehead atoms. The van der Waals surface area contributed by atoms with Gasteiger partial charge < -0.3 is 10.3 Å². The molecule has 0 fully saturated rings. The second-order valence-electron chi connectivity index (χ2n) is 7.42. The average molecular weight is 348 g/mol. The van der Waals surface area contributed by atoms with Gasteiger partial charge in [0.05, 0.1) is 0 Å². The number of pyridine rings is 1. The highest BCUT2D eigenvalue weighted by atomic mass is 16.1. The van der Waals surface area contributed by atoms with Crippen molar-refractivity contribution >= 4 is 16.8 Å². The Labute approximate surface area is 153 Å². The van der Waals surface area contributed by atoms with Gasteiger partial charge in [-0.2, -0.15) is 0 Å². The molecule has 0 aliphatic heterocycles. The number of fused-ring (bicyclic) bond motifs is 1. The molecule has 1 aromatic heterocycles. The molecule has 0 saturated heterocycles. The van der Waals surface area contributed by atoms with Gasteiger partial charge in [-0.25, -0.2) is 0 Å². The zero-order chi connectivity index (χ0) is 18.7. The van der Waals surface area contributed by atoms with Gasteiger partial charge in [0.1, 0.15) is 0 Å². The first kappa shape index (κ1) is 17.9. The Morgan fingerprint density at radius 1 is 1.08 bits per heavy atom. The number of aryl methyl sites for hydroxylation is 1. The molecule has 1 heterocycles. The van der Waals surface area contributed by atoms with Gasteiger partial charge in [-0.05, 0) is 41.5 Å². The van der Waals surface area contributed by atoms with Crippen LogP contribution in [-0.4, -0.2) is 10.9 Å². The van der Waals surface area contributed by atoms with Crippen molar-refractivity contribution in [2.45, 2.75) is 39.2 Å². The van der Waals surface area contributed by atoms with Crippen LogP contribution in [0.3, 0.4) is 0 Å². The van der Waals surface area contributed by atoms with Crippen LogP contribution in [0.5, 0.6) is 0 Å². The minimum Gasteiger partial charge on any atom is -0.352 e. The fourth-order valence-corrected chi connectivity index (χ4v) is 3.15. The number of hydrogen-bond donors (Lipinski definition) is 2. The molecule has 3 aromatic rings. The first-order valence-electron chi connectivity index (χ1n) is 8.80. The molecular formula is C22H24N2O2. The Morgan fingerprint density at radius 3 is 2.54 bits per heavy atom. The van der Waals surface area contributed by atoms with Crippen molar-refractivity contribution in [3.8, 4) is 0 Å². The largest absolute Gasteiger partial charge is 0.352 e. The summed E-state index contributed by atoms with van der Waals surface area (Å²) in [6, 6.07) is 17.7. The van der Waals surface area contributed by atoms with Gasteiger partial charge in [-0.1, -0.05) is 55.8 Å². The summed E-state index contributed by atoms with van der Waals surface area (Å²) in [5.41, 5.74) is 3.19. The highest BCUT2D eigenvalue weighted by Crippen LogP contribution is 2.26. The molecular weight excluding hydrogens is 324 g/mol. The van der Waals surface area contributed by atoms with Crippen LogP contribution >= 0.6 is 0 Å². The Morgan fingerprint density at radius 2 is 1.81 bits per heavy atom. The fourth-order valence-electron chi connectivity index (χ4n) is 3.15. The summed E-state index contributed by atoms with van der Waals surface area (Å²) in [6.45, 7) is 6.33. The lowest BCUT2D eigenvalue weighted by Crippen LogP contribution is -2.32. The zero-order valence-corrected chi connectivity index (χ0v) is 15.4. The Hall–Kier alpha value is -2.88. The number of hydrogen-bond acceptors (Lipinski definition) is 2. The predicted octanol–water partition coefficient (Wildman–Crippen LogP) is 3.82. The minimum atomic E-state index is -0.266. The number of carbonyl (C=O) groups excluding carboxylic acids is 1. The first-order chi connectivity index (χ1) is 12.3. The van der Waals surface area contributed by atoms with Gasteiger partial charge in [0.25, 0.3) is 5.56 Å². The topological polar surface area (TPSA) is 62.0 Å². The number of benzene rings is 2. The van der Waals surface area contributed by atoms with E-state index in [-0.39, 0.29) is 23.4 Å². The molecule has 1 amide bonds. The maximum absolute atomic E-state index is 12.4. The monoisotopic (exact) mass is 348 g/mol. The molecule has 0 atom stereocenters. The molecule has 2 aromatic carbocycles. The summed E-state index contributed by atoms with van der Waals surface area (Å²) in [4.78, 5) is 27.5. The van der Waals surface area contributed by atoms with E-state index < -0.39 is 0 Å². The third-order valence-corrected chi connectivity index (χ3v) is 4.71. The van der Waals surface area contributed by atoms with E-state index in [4.69, 9.17) is 0 Å². The predicted molar refractivity (Wildman–Crippen MR) is 105 cm³/mol. The molecule has 0 unspecified atom stereocenters. The van der Waals surface area contributed by atoms with Gasteiger partial charge >= 0.3 is 0 Å². The molecule has 0 radical (unpaired) electrons. The maximum Gasteiger partial charge on any atom is 0.253 e. The summed E-state index contributed by atoms with van der Waals surface area (Å²) >= 11 is 0. The quantitative estimate of drug-likeness (QED) is 0.736. The third kappa shape index (κ3) is 4.02. The Balaban J connectivity index is 1.70. The van der Waals surface area contributed by atoms with E-state index >= 15 is 0 Å². The van der Waals surface area contributed by atoms with Crippen molar-refractivity contribution in [3.05, 3.63) is 81.6 Å². The van der Waals surface area contributed by atoms with Crippen LogP contribution in [0.1, 0.15) is 37.0 Å². The van der Waals surface area contributed by atoms with Gasteiger partial charge in [0.15, 0.2) is 0 Å². The van der Waals surface area contributed by atoms with Gasteiger partial charge in [-0.3, -0.25) is 9.59 Å². The molecule has 0 saturated carbocycles. The molecule has 0 aliphatic carbocycles. The fraction of sp³-hybridized carbons (Fsp3) is 0.273. The molecule has 134 valence electrons. The molecule has 4 nitrogen and oxygen atoms in total. The Kier molecular flexibility index (Phi) is 4.94. The number of rotatable bonds is 5. The summed E-state index contributed by atoms with van der Waals surface area (Å²) < 4.78 is 0. The number of aromatic amines is 1. The van der Waals surface area contributed by atoms with Gasteiger partial charge in [0.2, 0.25) is 5.91 Å². The van der Waals surface area contributed by atoms with Crippen molar-refractivity contribution in [1.29, 1.82) is 0 Å². The highest BCUT2D eigenvalue weighted by molar-refractivity contribution is 5.80. The van der Waals surface area contributed by atoms with Crippen LogP contribution in [-0.2, 0) is 16.8 Å². The van der Waals surface area contributed by atoms with Crippen molar-refractivity contribution in [2.75, 3.05) is 0 Å². The van der Waals surface area contributed by atoms with Gasteiger partial charge in [0, 0.05) is 24.0 Å². The van der Waals surface area contributed by atoms with E-state index in [9.17, 15) is 9.59 Å². The minimum absolute atomic E-state index is 0.0670. The number of carbonyl (C=O) groups is 1. The summed E-state index contributed by atoms with van der Waals surface area (Å²) in [7, 11) is 0. The van der Waals surface area contributed by atoms with Crippen LogP contribution in [0.4, 0.5) is 0 Å². The van der Waals surface area contributed by atoms with E-state index in [1.807, 2.05) is 75.4 Å². The maximum atomic E-state index is 12.4. The second kappa shape index (κ2) is 7.16.